The summed E-state index contributed by atoms with van der Waals surface area (Å²) in [6.45, 7) is 0. The highest BCUT2D eigenvalue weighted by Gasteiger charge is 2.21. The number of hydrogen-bond donors (Lipinski definition) is 2. The molecular weight excluding hydrogens is 334 g/mol. The monoisotopic (exact) mass is 349 g/mol. The molecule has 2 N–H and O–H groups in total. The molecular formula is C13H16ClNO4S2. The van der Waals surface area contributed by atoms with Gasteiger partial charge in [0, 0.05) is 10.4 Å². The van der Waals surface area contributed by atoms with Crippen molar-refractivity contribution in [3.63, 3.8) is 0 Å². The van der Waals surface area contributed by atoms with Crippen molar-refractivity contribution in [2.24, 2.45) is 0 Å². The van der Waals surface area contributed by atoms with Gasteiger partial charge in [0.15, 0.2) is 0 Å². The molecule has 5 nitrogen and oxygen atoms in total. The summed E-state index contributed by atoms with van der Waals surface area (Å²) in [7, 11) is -3.82. The van der Waals surface area contributed by atoms with Crippen LogP contribution in [0.2, 0.25) is 5.02 Å². The molecule has 0 saturated heterocycles. The van der Waals surface area contributed by atoms with Crippen LogP contribution in [0.15, 0.2) is 29.7 Å². The molecule has 0 saturated carbocycles. The van der Waals surface area contributed by atoms with Crippen LogP contribution in [-0.2, 0) is 14.8 Å². The molecule has 1 atom stereocenters. The van der Waals surface area contributed by atoms with E-state index in [0.717, 1.165) is 5.41 Å². The van der Waals surface area contributed by atoms with Gasteiger partial charge in [0.05, 0.1) is 0 Å². The first-order valence-corrected chi connectivity index (χ1v) is 9.33. The molecule has 1 aromatic rings. The van der Waals surface area contributed by atoms with E-state index in [-0.39, 0.29) is 6.42 Å². The zero-order valence-electron chi connectivity index (χ0n) is 11.3. The number of carbonyl (C=O) groups is 1. The molecule has 0 unspecified atom stereocenters. The van der Waals surface area contributed by atoms with Gasteiger partial charge in [-0.2, -0.15) is 16.5 Å². The summed E-state index contributed by atoms with van der Waals surface area (Å²) in [4.78, 5) is 11.0. The number of rotatable bonds is 8. The standard InChI is InChI=1S/C13H16ClNO4S2/c1-20-8-6-12(13(16)17)15-21(18,19)9-7-10-2-4-11(14)5-3-10/h2-5,7,9,12,15H,6,8H2,1H3,(H,16,17)/b9-7+/t12-/m0/s1. The van der Waals surface area contributed by atoms with Gasteiger partial charge in [0.25, 0.3) is 0 Å². The zero-order valence-corrected chi connectivity index (χ0v) is 13.7. The Morgan fingerprint density at radius 1 is 1.43 bits per heavy atom. The average molecular weight is 350 g/mol. The molecule has 0 heterocycles. The molecule has 0 aliphatic carbocycles. The van der Waals surface area contributed by atoms with E-state index in [4.69, 9.17) is 16.7 Å². The highest BCUT2D eigenvalue weighted by atomic mass is 35.5. The fraction of sp³-hybridized carbons (Fsp3) is 0.308. The number of carboxylic acids is 1. The van der Waals surface area contributed by atoms with E-state index in [0.29, 0.717) is 16.3 Å². The van der Waals surface area contributed by atoms with Gasteiger partial charge in [0.1, 0.15) is 6.04 Å². The number of hydrogen-bond acceptors (Lipinski definition) is 4. The predicted octanol–water partition coefficient (Wildman–Crippen LogP) is 2.44. The van der Waals surface area contributed by atoms with Crippen LogP contribution in [0.1, 0.15) is 12.0 Å². The molecule has 116 valence electrons. The molecule has 0 fully saturated rings. The lowest BCUT2D eigenvalue weighted by atomic mass is 10.2. The van der Waals surface area contributed by atoms with E-state index >= 15 is 0 Å². The summed E-state index contributed by atoms with van der Waals surface area (Å²) in [6.07, 6.45) is 3.44. The largest absolute Gasteiger partial charge is 0.480 e. The lowest BCUT2D eigenvalue weighted by Gasteiger charge is -2.12. The van der Waals surface area contributed by atoms with E-state index in [9.17, 15) is 13.2 Å². The number of aliphatic carboxylic acids is 1. The van der Waals surface area contributed by atoms with Gasteiger partial charge in [-0.3, -0.25) is 4.79 Å². The van der Waals surface area contributed by atoms with Gasteiger partial charge in [-0.1, -0.05) is 23.7 Å². The summed E-state index contributed by atoms with van der Waals surface area (Å²) in [6, 6.07) is 5.48. The maximum atomic E-state index is 11.9. The number of benzene rings is 1. The normalized spacial score (nSPS) is 13.4. The molecule has 0 radical (unpaired) electrons. The van der Waals surface area contributed by atoms with E-state index in [2.05, 4.69) is 4.72 Å². The second-order valence-corrected chi connectivity index (χ2v) is 7.21. The van der Waals surface area contributed by atoms with Gasteiger partial charge in [0.2, 0.25) is 10.0 Å². The maximum Gasteiger partial charge on any atom is 0.321 e. The van der Waals surface area contributed by atoms with Gasteiger partial charge < -0.3 is 5.11 Å². The Hall–Kier alpha value is -1.02. The summed E-state index contributed by atoms with van der Waals surface area (Å²) in [5, 5.41) is 10.5. The van der Waals surface area contributed by atoms with E-state index in [1.807, 2.05) is 6.26 Å². The second-order valence-electron chi connectivity index (χ2n) is 4.19. The first-order valence-electron chi connectivity index (χ1n) is 6.02. The average Bonchev–Trinajstić information content (AvgIpc) is 2.42. The minimum absolute atomic E-state index is 0.227. The molecule has 0 aliphatic heterocycles. The summed E-state index contributed by atoms with van der Waals surface area (Å²) >= 11 is 7.19. The van der Waals surface area contributed by atoms with Crippen LogP contribution in [0.5, 0.6) is 0 Å². The Morgan fingerprint density at radius 2 is 2.05 bits per heavy atom. The maximum absolute atomic E-state index is 11.9. The first kappa shape index (κ1) is 18.0. The van der Waals surface area contributed by atoms with E-state index in [1.165, 1.54) is 17.8 Å². The minimum Gasteiger partial charge on any atom is -0.480 e. The minimum atomic E-state index is -3.82. The van der Waals surface area contributed by atoms with E-state index < -0.39 is 22.0 Å². The third kappa shape index (κ3) is 6.99. The Bertz CT molecular complexity index is 599. The van der Waals surface area contributed by atoms with Gasteiger partial charge in [-0.25, -0.2) is 8.42 Å². The summed E-state index contributed by atoms with van der Waals surface area (Å²) < 4.78 is 25.9. The van der Waals surface area contributed by atoms with Crippen LogP contribution in [0.25, 0.3) is 6.08 Å². The van der Waals surface area contributed by atoms with Gasteiger partial charge in [-0.15, -0.1) is 0 Å². The van der Waals surface area contributed by atoms with Crippen molar-refractivity contribution in [1.82, 2.24) is 4.72 Å². The predicted molar refractivity (Wildman–Crippen MR) is 87.0 cm³/mol. The van der Waals surface area contributed by atoms with Crippen molar-refractivity contribution in [3.8, 4) is 0 Å². The van der Waals surface area contributed by atoms with Crippen LogP contribution in [-0.4, -0.2) is 37.5 Å². The van der Waals surface area contributed by atoms with Crippen molar-refractivity contribution >= 4 is 45.4 Å². The number of sulfonamides is 1. The molecule has 0 aromatic heterocycles. The van der Waals surface area contributed by atoms with Gasteiger partial charge >= 0.3 is 5.97 Å². The van der Waals surface area contributed by atoms with Crippen LogP contribution in [0, 0.1) is 0 Å². The second kappa shape index (κ2) is 8.43. The third-order valence-corrected chi connectivity index (χ3v) is 4.53. The van der Waals surface area contributed by atoms with Crippen molar-refractivity contribution < 1.29 is 18.3 Å². The highest BCUT2D eigenvalue weighted by Crippen LogP contribution is 2.11. The SMILES string of the molecule is CSCC[C@H](NS(=O)(=O)/C=C/c1ccc(Cl)cc1)C(=O)O. The molecule has 1 rings (SSSR count). The molecule has 8 heteroatoms. The Morgan fingerprint density at radius 3 is 2.57 bits per heavy atom. The Labute approximate surface area is 133 Å². The molecule has 0 spiro atoms. The van der Waals surface area contributed by atoms with Crippen LogP contribution in [0.3, 0.4) is 0 Å². The summed E-state index contributed by atoms with van der Waals surface area (Å²) in [5.74, 6) is -0.632. The number of nitrogens with one attached hydrogen (secondary N) is 1. The van der Waals surface area contributed by atoms with Crippen molar-refractivity contribution in [2.45, 2.75) is 12.5 Å². The first-order chi connectivity index (χ1) is 9.84. The number of carboxylic acid groups (broad SMARTS) is 1. The molecule has 0 aliphatic rings. The number of halogens is 1. The van der Waals surface area contributed by atoms with Crippen molar-refractivity contribution in [2.75, 3.05) is 12.0 Å². The third-order valence-electron chi connectivity index (χ3n) is 2.52. The van der Waals surface area contributed by atoms with Crippen molar-refractivity contribution in [3.05, 3.63) is 40.3 Å². The lowest BCUT2D eigenvalue weighted by Crippen LogP contribution is -2.40. The van der Waals surface area contributed by atoms with Gasteiger partial charge in [-0.05, 0) is 42.2 Å². The Balaban J connectivity index is 2.75. The number of thioether (sulfide) groups is 1. The molecule has 21 heavy (non-hydrogen) atoms. The fourth-order valence-electron chi connectivity index (χ4n) is 1.45. The zero-order chi connectivity index (χ0) is 15.9. The fourth-order valence-corrected chi connectivity index (χ4v) is 3.08. The molecule has 1 aromatic carbocycles. The Kier molecular flexibility index (Phi) is 7.24. The topological polar surface area (TPSA) is 83.5 Å². The molecule has 0 amide bonds. The quantitative estimate of drug-likeness (QED) is 0.753. The van der Waals surface area contributed by atoms with Crippen LogP contribution in [0.4, 0.5) is 0 Å². The molecule has 0 bridgehead atoms. The van der Waals surface area contributed by atoms with E-state index in [1.54, 1.807) is 24.3 Å². The smallest absolute Gasteiger partial charge is 0.321 e. The van der Waals surface area contributed by atoms with Crippen LogP contribution >= 0.6 is 23.4 Å². The lowest BCUT2D eigenvalue weighted by molar-refractivity contribution is -0.139. The van der Waals surface area contributed by atoms with Crippen molar-refractivity contribution in [1.29, 1.82) is 0 Å². The summed E-state index contributed by atoms with van der Waals surface area (Å²) in [5.41, 5.74) is 0.653. The highest BCUT2D eigenvalue weighted by molar-refractivity contribution is 7.98. The van der Waals surface area contributed by atoms with Crippen LogP contribution < -0.4 is 4.72 Å².